The van der Waals surface area contributed by atoms with E-state index in [0.717, 1.165) is 11.8 Å². The van der Waals surface area contributed by atoms with Crippen LogP contribution in [0.3, 0.4) is 0 Å². The fourth-order valence-electron chi connectivity index (χ4n) is 2.65. The number of nitrogens with zero attached hydrogens (tertiary/aromatic N) is 3. The van der Waals surface area contributed by atoms with Gasteiger partial charge >= 0.3 is 6.03 Å². The Balaban J connectivity index is 2.65. The minimum atomic E-state index is -0.392. The highest BCUT2D eigenvalue weighted by Gasteiger charge is 2.25. The molecule has 1 heterocycles. The zero-order valence-corrected chi connectivity index (χ0v) is 14.7. The number of aryl methyl sites for hydroxylation is 1. The number of carbonyl (C=O) groups is 2. The minimum Gasteiger partial charge on any atom is -0.341 e. The lowest BCUT2D eigenvalue weighted by Gasteiger charge is -2.21. The molecule has 0 fully saturated rings. The highest BCUT2D eigenvalue weighted by molar-refractivity contribution is 6.01. The molecule has 0 radical (unpaired) electrons. The van der Waals surface area contributed by atoms with E-state index >= 15 is 0 Å². The van der Waals surface area contributed by atoms with Crippen LogP contribution in [0.1, 0.15) is 32.8 Å². The largest absolute Gasteiger partial charge is 0.341 e. The van der Waals surface area contributed by atoms with Gasteiger partial charge in [0.15, 0.2) is 5.82 Å². The summed E-state index contributed by atoms with van der Waals surface area (Å²) in [5.74, 6) is 0.00422. The Labute approximate surface area is 140 Å². The Hall–Kier alpha value is -2.44. The van der Waals surface area contributed by atoms with Gasteiger partial charge in [-0.3, -0.25) is 9.58 Å². The summed E-state index contributed by atoms with van der Waals surface area (Å²) in [7, 11) is 3.25. The maximum absolute atomic E-state index is 14.6. The molecule has 0 aliphatic carbocycles. The molecule has 1 aromatic carbocycles. The molecule has 6 nitrogen and oxygen atoms in total. The van der Waals surface area contributed by atoms with Crippen LogP contribution in [0.25, 0.3) is 10.9 Å². The number of aldehydes is 1. The second kappa shape index (κ2) is 6.59. The average molecular weight is 334 g/mol. The fraction of sp³-hybridized carbons (Fsp3) is 0.471. The van der Waals surface area contributed by atoms with Gasteiger partial charge < -0.3 is 10.1 Å². The van der Waals surface area contributed by atoms with E-state index in [1.165, 1.54) is 18.0 Å². The predicted molar refractivity (Wildman–Crippen MR) is 91.9 cm³/mol. The molecule has 0 saturated heterocycles. The van der Waals surface area contributed by atoms with Crippen LogP contribution < -0.4 is 10.2 Å². The summed E-state index contributed by atoms with van der Waals surface area (Å²) in [6, 6.07) is 2.79. The molecular weight excluding hydrogens is 311 g/mol. The van der Waals surface area contributed by atoms with Gasteiger partial charge in [0.1, 0.15) is 12.1 Å². The zero-order chi connectivity index (χ0) is 18.1. The molecule has 0 aliphatic rings. The first-order valence-electron chi connectivity index (χ1n) is 7.80. The molecule has 130 valence electrons. The van der Waals surface area contributed by atoms with E-state index < -0.39 is 6.03 Å². The number of hydrogen-bond acceptors (Lipinski definition) is 3. The Bertz CT molecular complexity index is 777. The van der Waals surface area contributed by atoms with Crippen LogP contribution in [0.4, 0.5) is 15.0 Å². The maximum Gasteiger partial charge on any atom is 0.322 e. The summed E-state index contributed by atoms with van der Waals surface area (Å²) in [5, 5.41) is 7.44. The van der Waals surface area contributed by atoms with Crippen LogP contribution in [0.2, 0.25) is 0 Å². The molecule has 0 aliphatic heterocycles. The minimum absolute atomic E-state index is 0.175. The van der Waals surface area contributed by atoms with E-state index in [1.807, 2.05) is 20.8 Å². The highest BCUT2D eigenvalue weighted by atomic mass is 19.1. The van der Waals surface area contributed by atoms with Crippen molar-refractivity contribution in [3.63, 3.8) is 0 Å². The molecular formula is C17H23FN4O2. The van der Waals surface area contributed by atoms with Crippen LogP contribution in [0.5, 0.6) is 0 Å². The highest BCUT2D eigenvalue weighted by Crippen LogP contribution is 2.33. The van der Waals surface area contributed by atoms with Crippen molar-refractivity contribution in [1.29, 1.82) is 0 Å². The van der Waals surface area contributed by atoms with E-state index in [4.69, 9.17) is 0 Å². The number of halogens is 1. The van der Waals surface area contributed by atoms with E-state index in [2.05, 4.69) is 10.4 Å². The second-order valence-corrected chi connectivity index (χ2v) is 6.71. The molecule has 0 unspecified atom stereocenters. The number of rotatable bonds is 4. The summed E-state index contributed by atoms with van der Waals surface area (Å²) in [4.78, 5) is 24.2. The normalized spacial score (nSPS) is 11.6. The smallest absolute Gasteiger partial charge is 0.322 e. The van der Waals surface area contributed by atoms with Crippen LogP contribution in [-0.2, 0) is 17.3 Å². The van der Waals surface area contributed by atoms with Gasteiger partial charge in [0.05, 0.1) is 5.52 Å². The van der Waals surface area contributed by atoms with E-state index in [-0.39, 0.29) is 24.2 Å². The van der Waals surface area contributed by atoms with E-state index in [0.29, 0.717) is 16.8 Å². The lowest BCUT2D eigenvalue weighted by atomic mass is 9.86. The van der Waals surface area contributed by atoms with Crippen LogP contribution >= 0.6 is 0 Å². The van der Waals surface area contributed by atoms with E-state index in [1.54, 1.807) is 17.8 Å². The number of hydrogen-bond donors (Lipinski definition) is 1. The fourth-order valence-corrected chi connectivity index (χ4v) is 2.65. The number of amides is 2. The number of anilines is 1. The monoisotopic (exact) mass is 334 g/mol. The summed E-state index contributed by atoms with van der Waals surface area (Å²) in [6.45, 7) is 6.00. The molecule has 0 spiro atoms. The van der Waals surface area contributed by atoms with Crippen molar-refractivity contribution >= 4 is 29.0 Å². The van der Waals surface area contributed by atoms with Gasteiger partial charge in [-0.1, -0.05) is 20.8 Å². The molecule has 7 heteroatoms. The molecule has 2 rings (SSSR count). The maximum atomic E-state index is 14.6. The van der Waals surface area contributed by atoms with Gasteiger partial charge in [-0.2, -0.15) is 5.10 Å². The molecule has 1 aromatic heterocycles. The zero-order valence-electron chi connectivity index (χ0n) is 14.7. The third-order valence-electron chi connectivity index (χ3n) is 3.91. The molecule has 1 N–H and O–H groups in total. The number of benzene rings is 1. The molecule has 24 heavy (non-hydrogen) atoms. The van der Waals surface area contributed by atoms with Crippen molar-refractivity contribution in [2.75, 3.05) is 18.5 Å². The summed E-state index contributed by atoms with van der Waals surface area (Å²) >= 11 is 0. The number of carbonyl (C=O) groups excluding carboxylic acids is 2. The van der Waals surface area contributed by atoms with Crippen LogP contribution in [-0.4, -0.2) is 35.7 Å². The van der Waals surface area contributed by atoms with Gasteiger partial charge in [-0.05, 0) is 23.1 Å². The van der Waals surface area contributed by atoms with Crippen molar-refractivity contribution in [3.05, 3.63) is 23.5 Å². The number of urea groups is 1. The summed E-state index contributed by atoms with van der Waals surface area (Å²) in [5.41, 5.74) is 0.973. The first-order valence-corrected chi connectivity index (χ1v) is 7.80. The third kappa shape index (κ3) is 3.25. The molecule has 2 amide bonds. The molecule has 0 saturated carbocycles. The Morgan fingerprint density at radius 2 is 2.08 bits per heavy atom. The van der Waals surface area contributed by atoms with E-state index in [9.17, 15) is 14.0 Å². The second-order valence-electron chi connectivity index (χ2n) is 6.71. The summed E-state index contributed by atoms with van der Waals surface area (Å²) < 4.78 is 16.2. The Kier molecular flexibility index (Phi) is 4.91. The standard InChI is InChI=1S/C17H23FN4O2/c1-17(2,3)12-10-14-11(9-13(12)18)15(20-21(14)5)22(7-6-8-23)16(24)19-4/h8-10H,6-7H2,1-5H3,(H,19,24). The van der Waals surface area contributed by atoms with Crippen molar-refractivity contribution in [1.82, 2.24) is 15.1 Å². The van der Waals surface area contributed by atoms with Crippen molar-refractivity contribution in [2.45, 2.75) is 32.6 Å². The van der Waals surface area contributed by atoms with Crippen molar-refractivity contribution in [3.8, 4) is 0 Å². The topological polar surface area (TPSA) is 67.2 Å². The van der Waals surface area contributed by atoms with Crippen LogP contribution in [0.15, 0.2) is 12.1 Å². The quantitative estimate of drug-likeness (QED) is 0.874. The lowest BCUT2D eigenvalue weighted by Crippen LogP contribution is -2.39. The first kappa shape index (κ1) is 17.9. The third-order valence-corrected chi connectivity index (χ3v) is 3.91. The molecule has 0 bridgehead atoms. The van der Waals surface area contributed by atoms with Crippen LogP contribution in [0, 0.1) is 5.82 Å². The number of aromatic nitrogens is 2. The van der Waals surface area contributed by atoms with Crippen molar-refractivity contribution in [2.24, 2.45) is 7.05 Å². The first-order chi connectivity index (χ1) is 11.2. The predicted octanol–water partition coefficient (Wildman–Crippen LogP) is 2.74. The van der Waals surface area contributed by atoms with Gasteiger partial charge in [0.25, 0.3) is 0 Å². The summed E-state index contributed by atoms with van der Waals surface area (Å²) in [6.07, 6.45) is 0.910. The number of fused-ring (bicyclic) bond motifs is 1. The van der Waals surface area contributed by atoms with Gasteiger partial charge in [-0.15, -0.1) is 0 Å². The van der Waals surface area contributed by atoms with Gasteiger partial charge in [-0.25, -0.2) is 9.18 Å². The number of nitrogens with one attached hydrogen (secondary N) is 1. The lowest BCUT2D eigenvalue weighted by molar-refractivity contribution is -0.107. The van der Waals surface area contributed by atoms with Gasteiger partial charge in [0.2, 0.25) is 0 Å². The van der Waals surface area contributed by atoms with Crippen molar-refractivity contribution < 1.29 is 14.0 Å². The van der Waals surface area contributed by atoms with Gasteiger partial charge in [0, 0.05) is 32.4 Å². The SMILES string of the molecule is CNC(=O)N(CCC=O)c1nn(C)c2cc(C(C)(C)C)c(F)cc12. The molecule has 0 atom stereocenters. The Morgan fingerprint density at radius 1 is 1.42 bits per heavy atom. The molecule has 2 aromatic rings. The Morgan fingerprint density at radius 3 is 2.62 bits per heavy atom. The average Bonchev–Trinajstić information content (AvgIpc) is 2.81.